The van der Waals surface area contributed by atoms with E-state index in [0.717, 1.165) is 0 Å². The lowest BCUT2D eigenvalue weighted by atomic mass is 10.4. The summed E-state index contributed by atoms with van der Waals surface area (Å²) < 4.78 is 3.36. The molecule has 0 atom stereocenters. The lowest BCUT2D eigenvalue weighted by Gasteiger charge is -2.04. The first-order chi connectivity index (χ1) is 2.39. The van der Waals surface area contributed by atoms with Crippen LogP contribution in [0.2, 0.25) is 0 Å². The van der Waals surface area contributed by atoms with Gasteiger partial charge < -0.3 is 0 Å². The van der Waals surface area contributed by atoms with Crippen molar-refractivity contribution in [2.75, 3.05) is 4.43 Å². The van der Waals surface area contributed by atoms with Crippen LogP contribution in [0.5, 0.6) is 0 Å². The minimum Gasteiger partial charge on any atom is -0.124 e. The molecule has 0 bridgehead atoms. The van der Waals surface area contributed by atoms with Gasteiger partial charge >= 0.3 is 0 Å². The van der Waals surface area contributed by atoms with Gasteiger partial charge in [0.25, 0.3) is 0 Å². The van der Waals surface area contributed by atoms with E-state index in [2.05, 4.69) is 6.92 Å². The zero-order chi connectivity index (χ0) is 3.70. The minimum atomic E-state index is 0.645. The second kappa shape index (κ2) is 1.37. The van der Waals surface area contributed by atoms with Crippen LogP contribution in [0.15, 0.2) is 0 Å². The Morgan fingerprint density at radius 1 is 1.80 bits per heavy atom. The van der Waals surface area contributed by atoms with E-state index in [0.29, 0.717) is 20.7 Å². The fraction of sp³-hybridized carbons (Fsp3) is 0.750. The lowest BCUT2D eigenvalue weighted by molar-refractivity contribution is 1.35. The molecule has 0 aromatic heterocycles. The number of alkyl halides is 1. The number of halogens is 1. The molecule has 0 nitrogen and oxygen atoms in total. The summed E-state index contributed by atoms with van der Waals surface area (Å²) in [5.74, 6) is 0. The maximum Gasteiger partial charge on any atom is -0.00114 e. The summed E-state index contributed by atoms with van der Waals surface area (Å²) in [4.78, 5) is 0. The molecule has 0 aliphatic carbocycles. The Bertz CT molecular complexity index is 64.0. The van der Waals surface area contributed by atoms with Crippen LogP contribution in [0.3, 0.4) is 0 Å². The van der Waals surface area contributed by atoms with Crippen molar-refractivity contribution in [3.05, 3.63) is 0 Å². The van der Waals surface area contributed by atoms with Crippen LogP contribution >= 0.6 is 20.7 Å². The molecule has 1 rings (SSSR count). The van der Waals surface area contributed by atoms with E-state index >= 15 is 0 Å². The van der Waals surface area contributed by atoms with Crippen molar-refractivity contribution in [3.63, 3.8) is 0 Å². The summed E-state index contributed by atoms with van der Waals surface area (Å²) in [7, 11) is 0. The highest BCUT2D eigenvalue weighted by atomic mass is 127. The second-order valence-electron chi connectivity index (χ2n) is 1.25. The molecule has 0 N–H and O–H groups in total. The van der Waals surface area contributed by atoms with E-state index in [1.807, 2.05) is 0 Å². The quantitative estimate of drug-likeness (QED) is 0.393. The minimum absolute atomic E-state index is 0.645. The highest BCUT2D eigenvalue weighted by Crippen LogP contribution is 2.15. The summed E-state index contributed by atoms with van der Waals surface area (Å²) in [6.45, 7) is 2.27. The molecule has 0 saturated heterocycles. The van der Waals surface area contributed by atoms with Crippen molar-refractivity contribution in [2.45, 2.75) is 13.3 Å². The third-order valence-electron chi connectivity index (χ3n) is 0.762. The molecule has 0 unspecified atom stereocenters. The maximum atomic E-state index is 2.27. The highest BCUT2D eigenvalue weighted by Gasteiger charge is 1.95. The third-order valence-corrected chi connectivity index (χ3v) is 3.68. The normalized spacial score (nSPS) is 22.2. The molecule has 0 radical (unpaired) electrons. The highest BCUT2D eigenvalue weighted by molar-refractivity contribution is 14.2. The van der Waals surface area contributed by atoms with E-state index < -0.39 is 0 Å². The average Bonchev–Trinajstić information content (AvgIpc) is 1.30. The Morgan fingerprint density at radius 3 is 2.20 bits per heavy atom. The number of hydrogen-bond donors (Lipinski definition) is 0. The molecule has 0 aromatic carbocycles. The van der Waals surface area contributed by atoms with Gasteiger partial charge in [0.05, 0.1) is 0 Å². The van der Waals surface area contributed by atoms with E-state index in [1.54, 1.807) is 7.94 Å². The molecule has 0 spiro atoms. The van der Waals surface area contributed by atoms with Crippen molar-refractivity contribution in [1.82, 2.24) is 0 Å². The summed E-state index contributed by atoms with van der Waals surface area (Å²) in [6.07, 6.45) is 1.45. The van der Waals surface area contributed by atoms with Gasteiger partial charge in [0.15, 0.2) is 0 Å². The summed E-state index contributed by atoms with van der Waals surface area (Å²) in [6, 6.07) is 0. The monoisotopic (exact) mass is 182 g/mol. The molecule has 30 valence electrons. The van der Waals surface area contributed by atoms with Crippen molar-refractivity contribution in [2.24, 2.45) is 0 Å². The summed E-state index contributed by atoms with van der Waals surface area (Å²) in [5.41, 5.74) is 0. The lowest BCUT2D eigenvalue weighted by Crippen LogP contribution is -1.96. The SMILES string of the molecule is CC1=ICC1. The third kappa shape index (κ3) is 0.714. The van der Waals surface area contributed by atoms with Crippen LogP contribution in [0.4, 0.5) is 0 Å². The Balaban J connectivity index is 2.51. The van der Waals surface area contributed by atoms with E-state index in [1.165, 1.54) is 6.42 Å². The molecule has 5 heavy (non-hydrogen) atoms. The number of hydrogen-bond acceptors (Lipinski definition) is 0. The first-order valence-electron chi connectivity index (χ1n) is 1.81. The Kier molecular flexibility index (Phi) is 1.03. The Hall–Kier alpha value is 0.600. The first-order valence-corrected chi connectivity index (χ1v) is 4.41. The largest absolute Gasteiger partial charge is 0.124 e. The predicted octanol–water partition coefficient (Wildman–Crippen LogP) is 1.55. The molecule has 1 heterocycles. The van der Waals surface area contributed by atoms with Gasteiger partial charge in [-0.05, 0) is 21.3 Å². The molecule has 1 heteroatoms. The molecule has 0 aromatic rings. The van der Waals surface area contributed by atoms with Gasteiger partial charge in [-0.25, -0.2) is 0 Å². The first kappa shape index (κ1) is 3.78. The van der Waals surface area contributed by atoms with Crippen molar-refractivity contribution >= 4 is 24.2 Å². The molecule has 0 saturated carbocycles. The Labute approximate surface area is 42.3 Å². The summed E-state index contributed by atoms with van der Waals surface area (Å²) >= 11 is 0.645. The smallest absolute Gasteiger partial charge is 0.00114 e. The van der Waals surface area contributed by atoms with Gasteiger partial charge in [0, 0.05) is 0 Å². The molecular formula is C4H7I. The van der Waals surface area contributed by atoms with Crippen LogP contribution in [-0.4, -0.2) is 7.94 Å². The van der Waals surface area contributed by atoms with Crippen molar-refractivity contribution in [1.29, 1.82) is 0 Å². The van der Waals surface area contributed by atoms with Crippen molar-refractivity contribution < 1.29 is 0 Å². The van der Waals surface area contributed by atoms with Gasteiger partial charge in [-0.3, -0.25) is 0 Å². The summed E-state index contributed by atoms with van der Waals surface area (Å²) in [5, 5.41) is 0. The number of rotatable bonds is 0. The van der Waals surface area contributed by atoms with E-state index in [9.17, 15) is 0 Å². The van der Waals surface area contributed by atoms with Gasteiger partial charge in [-0.2, -0.15) is 0 Å². The molecule has 1 aliphatic rings. The average molecular weight is 182 g/mol. The molecule has 0 amide bonds. The van der Waals surface area contributed by atoms with Crippen LogP contribution in [0.1, 0.15) is 13.3 Å². The molecule has 0 fully saturated rings. The predicted molar refractivity (Wildman–Crippen MR) is 34.2 cm³/mol. The van der Waals surface area contributed by atoms with Crippen LogP contribution in [0, 0.1) is 0 Å². The van der Waals surface area contributed by atoms with Gasteiger partial charge in [-0.1, -0.05) is 0 Å². The van der Waals surface area contributed by atoms with Crippen LogP contribution in [-0.2, 0) is 0 Å². The fourth-order valence-electron chi connectivity index (χ4n) is 0.283. The van der Waals surface area contributed by atoms with Crippen LogP contribution < -0.4 is 0 Å². The van der Waals surface area contributed by atoms with Crippen molar-refractivity contribution in [3.8, 4) is 0 Å². The zero-order valence-corrected chi connectivity index (χ0v) is 5.45. The van der Waals surface area contributed by atoms with Gasteiger partial charge in [-0.15, -0.1) is 20.7 Å². The topological polar surface area (TPSA) is 0 Å². The standard InChI is InChI=1S/C4H7I/c1-4-2-3-5-4/h2-3H2,1H3. The van der Waals surface area contributed by atoms with E-state index in [-0.39, 0.29) is 0 Å². The van der Waals surface area contributed by atoms with E-state index in [4.69, 9.17) is 0 Å². The molecular weight excluding hydrogens is 175 g/mol. The van der Waals surface area contributed by atoms with Crippen LogP contribution in [0.25, 0.3) is 0 Å². The van der Waals surface area contributed by atoms with Gasteiger partial charge in [0.1, 0.15) is 0 Å². The second-order valence-corrected chi connectivity index (χ2v) is 4.93. The Morgan fingerprint density at radius 2 is 2.20 bits per heavy atom. The zero-order valence-electron chi connectivity index (χ0n) is 3.29. The molecule has 1 aliphatic heterocycles. The fourth-order valence-corrected chi connectivity index (χ4v) is 1.90. The van der Waals surface area contributed by atoms with Gasteiger partial charge in [0.2, 0.25) is 0 Å². The maximum absolute atomic E-state index is 2.27.